The van der Waals surface area contributed by atoms with E-state index in [0.717, 1.165) is 5.56 Å². The van der Waals surface area contributed by atoms with Gasteiger partial charge in [-0.1, -0.05) is 37.3 Å². The highest BCUT2D eigenvalue weighted by atomic mass is 16.5. The van der Waals surface area contributed by atoms with E-state index in [0.29, 0.717) is 24.3 Å². The van der Waals surface area contributed by atoms with Crippen LogP contribution in [0.3, 0.4) is 0 Å². The first-order chi connectivity index (χ1) is 13.0. The fourth-order valence-electron chi connectivity index (χ4n) is 2.38. The number of hydrogen-bond acceptors (Lipinski definition) is 4. The van der Waals surface area contributed by atoms with Crippen LogP contribution in [0.15, 0.2) is 54.6 Å². The van der Waals surface area contributed by atoms with Crippen LogP contribution in [0.1, 0.15) is 36.2 Å². The van der Waals surface area contributed by atoms with Gasteiger partial charge in [-0.25, -0.2) is 0 Å². The average Bonchev–Trinajstić information content (AvgIpc) is 2.71. The molecule has 1 unspecified atom stereocenters. The number of carbonyl (C=O) groups is 3. The lowest BCUT2D eigenvalue weighted by Gasteiger charge is -2.14. The highest BCUT2D eigenvalue weighted by molar-refractivity contribution is 5.95. The van der Waals surface area contributed by atoms with Crippen molar-refractivity contribution in [3.63, 3.8) is 0 Å². The van der Waals surface area contributed by atoms with E-state index in [1.54, 1.807) is 38.1 Å². The molecule has 0 aliphatic heterocycles. The molecular formula is C21H24N2O4. The molecule has 6 heteroatoms. The number of nitrogens with one attached hydrogen (secondary N) is 2. The molecule has 0 fully saturated rings. The zero-order valence-electron chi connectivity index (χ0n) is 15.5. The zero-order valence-corrected chi connectivity index (χ0v) is 15.5. The minimum absolute atomic E-state index is 0.0506. The van der Waals surface area contributed by atoms with Crippen molar-refractivity contribution in [1.29, 1.82) is 0 Å². The molecule has 0 spiro atoms. The quantitative estimate of drug-likeness (QED) is 0.666. The van der Waals surface area contributed by atoms with Crippen LogP contribution in [0.25, 0.3) is 0 Å². The normalized spacial score (nSPS) is 11.3. The molecule has 0 saturated carbocycles. The molecule has 0 saturated heterocycles. The molecule has 1 atom stereocenters. The minimum atomic E-state index is -0.672. The van der Waals surface area contributed by atoms with Crippen LogP contribution in [0.4, 0.5) is 0 Å². The summed E-state index contributed by atoms with van der Waals surface area (Å²) >= 11 is 0. The monoisotopic (exact) mass is 368 g/mol. The fourth-order valence-corrected chi connectivity index (χ4v) is 2.38. The molecule has 0 bridgehead atoms. The van der Waals surface area contributed by atoms with Crippen LogP contribution >= 0.6 is 0 Å². The Morgan fingerprint density at radius 3 is 2.30 bits per heavy atom. The molecular weight excluding hydrogens is 344 g/mol. The van der Waals surface area contributed by atoms with Crippen molar-refractivity contribution in [3.05, 3.63) is 65.7 Å². The molecule has 0 aliphatic rings. The van der Waals surface area contributed by atoms with Crippen molar-refractivity contribution in [2.75, 3.05) is 6.61 Å². The Hall–Kier alpha value is -3.15. The molecule has 0 aliphatic carbocycles. The molecule has 2 N–H and O–H groups in total. The molecule has 142 valence electrons. The van der Waals surface area contributed by atoms with E-state index in [1.165, 1.54) is 0 Å². The van der Waals surface area contributed by atoms with Gasteiger partial charge >= 0.3 is 0 Å². The number of rotatable bonds is 9. The molecule has 2 aromatic carbocycles. The van der Waals surface area contributed by atoms with Gasteiger partial charge in [0.2, 0.25) is 5.91 Å². The molecule has 27 heavy (non-hydrogen) atoms. The Kier molecular flexibility index (Phi) is 7.55. The van der Waals surface area contributed by atoms with Gasteiger partial charge in [0, 0.05) is 18.5 Å². The Morgan fingerprint density at radius 2 is 1.67 bits per heavy atom. The van der Waals surface area contributed by atoms with Gasteiger partial charge in [-0.15, -0.1) is 0 Å². The van der Waals surface area contributed by atoms with E-state index in [4.69, 9.17) is 4.74 Å². The lowest BCUT2D eigenvalue weighted by Crippen LogP contribution is -2.46. The summed E-state index contributed by atoms with van der Waals surface area (Å²) in [6.07, 6.45) is 0.437. The van der Waals surface area contributed by atoms with Gasteiger partial charge in [-0.05, 0) is 36.8 Å². The first kappa shape index (κ1) is 20.2. The predicted molar refractivity (Wildman–Crippen MR) is 102 cm³/mol. The highest BCUT2D eigenvalue weighted by Crippen LogP contribution is 2.13. The maximum Gasteiger partial charge on any atom is 0.258 e. The first-order valence-corrected chi connectivity index (χ1v) is 8.86. The third kappa shape index (κ3) is 6.58. The summed E-state index contributed by atoms with van der Waals surface area (Å²) in [5.41, 5.74) is 1.59. The number of benzene rings is 2. The number of carbonyl (C=O) groups excluding carboxylic acids is 3. The minimum Gasteiger partial charge on any atom is -0.484 e. The summed E-state index contributed by atoms with van der Waals surface area (Å²) in [4.78, 5) is 35.6. The van der Waals surface area contributed by atoms with Crippen LogP contribution in [-0.4, -0.2) is 30.2 Å². The van der Waals surface area contributed by atoms with Crippen LogP contribution in [0.2, 0.25) is 0 Å². The Morgan fingerprint density at radius 1 is 1.00 bits per heavy atom. The third-order valence-electron chi connectivity index (χ3n) is 3.95. The van der Waals surface area contributed by atoms with Crippen molar-refractivity contribution in [2.45, 2.75) is 32.9 Å². The summed E-state index contributed by atoms with van der Waals surface area (Å²) in [6, 6.07) is 15.5. The fraction of sp³-hybridized carbons (Fsp3) is 0.286. The van der Waals surface area contributed by atoms with Crippen molar-refractivity contribution >= 4 is 17.6 Å². The summed E-state index contributed by atoms with van der Waals surface area (Å²) < 4.78 is 5.39. The van der Waals surface area contributed by atoms with Gasteiger partial charge in [0.15, 0.2) is 12.4 Å². The van der Waals surface area contributed by atoms with Crippen molar-refractivity contribution in [3.8, 4) is 5.75 Å². The maximum atomic E-state index is 12.1. The SMILES string of the molecule is CCC(=O)c1ccc(OCC(=O)NC(C)C(=O)NCc2ccccc2)cc1. The molecule has 6 nitrogen and oxygen atoms in total. The van der Waals surface area contributed by atoms with Gasteiger partial charge in [0.1, 0.15) is 11.8 Å². The molecule has 2 aromatic rings. The van der Waals surface area contributed by atoms with Gasteiger partial charge in [0.05, 0.1) is 0 Å². The van der Waals surface area contributed by atoms with E-state index in [9.17, 15) is 14.4 Å². The molecule has 0 aromatic heterocycles. The lowest BCUT2D eigenvalue weighted by molar-refractivity contribution is -0.129. The van der Waals surface area contributed by atoms with Crippen molar-refractivity contribution in [2.24, 2.45) is 0 Å². The second kappa shape index (κ2) is 10.1. The van der Waals surface area contributed by atoms with Crippen LogP contribution in [0, 0.1) is 0 Å². The molecule has 0 radical (unpaired) electrons. The highest BCUT2D eigenvalue weighted by Gasteiger charge is 2.15. The van der Waals surface area contributed by atoms with Gasteiger partial charge in [-0.2, -0.15) is 0 Å². The summed E-state index contributed by atoms with van der Waals surface area (Å²) in [6.45, 7) is 3.61. The summed E-state index contributed by atoms with van der Waals surface area (Å²) in [5, 5.41) is 5.37. The smallest absolute Gasteiger partial charge is 0.258 e. The predicted octanol–water partition coefficient (Wildman–Crippen LogP) is 2.48. The number of ether oxygens (including phenoxy) is 1. The van der Waals surface area contributed by atoms with E-state index in [1.807, 2.05) is 30.3 Å². The Balaban J connectivity index is 1.74. The van der Waals surface area contributed by atoms with Gasteiger partial charge in [-0.3, -0.25) is 14.4 Å². The van der Waals surface area contributed by atoms with Crippen molar-refractivity contribution < 1.29 is 19.1 Å². The number of hydrogen-bond donors (Lipinski definition) is 2. The van der Waals surface area contributed by atoms with Gasteiger partial charge in [0.25, 0.3) is 5.91 Å². The van der Waals surface area contributed by atoms with Crippen molar-refractivity contribution in [1.82, 2.24) is 10.6 Å². The Bertz CT molecular complexity index is 773. The van der Waals surface area contributed by atoms with E-state index >= 15 is 0 Å². The molecule has 2 rings (SSSR count). The van der Waals surface area contributed by atoms with Crippen LogP contribution in [-0.2, 0) is 16.1 Å². The zero-order chi connectivity index (χ0) is 19.6. The molecule has 0 heterocycles. The largest absolute Gasteiger partial charge is 0.484 e. The van der Waals surface area contributed by atoms with E-state index in [-0.39, 0.29) is 18.3 Å². The number of ketones is 1. The van der Waals surface area contributed by atoms with Crippen LogP contribution < -0.4 is 15.4 Å². The summed E-state index contributed by atoms with van der Waals surface area (Å²) in [5.74, 6) is -0.130. The lowest BCUT2D eigenvalue weighted by atomic mass is 10.1. The van der Waals surface area contributed by atoms with Gasteiger partial charge < -0.3 is 15.4 Å². The van der Waals surface area contributed by atoms with E-state index in [2.05, 4.69) is 10.6 Å². The third-order valence-corrected chi connectivity index (χ3v) is 3.95. The molecule has 2 amide bonds. The number of amides is 2. The first-order valence-electron chi connectivity index (χ1n) is 8.86. The average molecular weight is 368 g/mol. The number of Topliss-reactive ketones (excluding diaryl/α,β-unsaturated/α-hetero) is 1. The standard InChI is InChI=1S/C21H24N2O4/c1-3-19(24)17-9-11-18(12-10-17)27-14-20(25)23-15(2)21(26)22-13-16-7-5-4-6-8-16/h4-12,15H,3,13-14H2,1-2H3,(H,22,26)(H,23,25). The van der Waals surface area contributed by atoms with Crippen LogP contribution in [0.5, 0.6) is 5.75 Å². The second-order valence-electron chi connectivity index (χ2n) is 6.08. The Labute approximate surface area is 158 Å². The summed E-state index contributed by atoms with van der Waals surface area (Å²) in [7, 11) is 0. The van der Waals surface area contributed by atoms with E-state index < -0.39 is 11.9 Å². The topological polar surface area (TPSA) is 84.5 Å². The second-order valence-corrected chi connectivity index (χ2v) is 6.08. The maximum absolute atomic E-state index is 12.1.